The molecule has 26 heavy (non-hydrogen) atoms. The largest absolute Gasteiger partial charge is 0.493 e. The van der Waals surface area contributed by atoms with Crippen molar-refractivity contribution >= 4 is 15.9 Å². The number of nitrogens with zero attached hydrogens (tertiary/aromatic N) is 1. The van der Waals surface area contributed by atoms with E-state index in [4.69, 9.17) is 4.74 Å². The van der Waals surface area contributed by atoms with Crippen molar-refractivity contribution in [3.05, 3.63) is 29.8 Å². The van der Waals surface area contributed by atoms with Crippen LogP contribution in [0.4, 0.5) is 0 Å². The fraction of sp³-hybridized carbons (Fsp3) is 0.632. The number of likely N-dealkylation sites (tertiary alicyclic amines) is 1. The van der Waals surface area contributed by atoms with Crippen LogP contribution in [0, 0.1) is 5.92 Å². The molecule has 1 heterocycles. The van der Waals surface area contributed by atoms with E-state index in [9.17, 15) is 13.2 Å². The maximum Gasteiger partial charge on any atom is 0.219 e. The van der Waals surface area contributed by atoms with E-state index in [1.165, 1.54) is 5.56 Å². The van der Waals surface area contributed by atoms with E-state index >= 15 is 0 Å². The number of rotatable bonds is 7. The maximum absolute atomic E-state index is 12.0. The first-order valence-electron chi connectivity index (χ1n) is 9.20. The zero-order chi connectivity index (χ0) is 19.3. The van der Waals surface area contributed by atoms with E-state index in [0.29, 0.717) is 32.0 Å². The molecule has 1 amide bonds. The molecule has 0 aromatic heterocycles. The van der Waals surface area contributed by atoms with Gasteiger partial charge >= 0.3 is 0 Å². The second kappa shape index (κ2) is 8.86. The molecule has 2 rings (SSSR count). The van der Waals surface area contributed by atoms with E-state index in [1.54, 1.807) is 18.7 Å². The second-order valence-electron chi connectivity index (χ2n) is 7.18. The molecular weight excluding hydrogens is 352 g/mol. The van der Waals surface area contributed by atoms with Crippen LogP contribution in [0.25, 0.3) is 0 Å². The quantitative estimate of drug-likeness (QED) is 0.785. The smallest absolute Gasteiger partial charge is 0.219 e. The first-order chi connectivity index (χ1) is 12.2. The van der Waals surface area contributed by atoms with Crippen molar-refractivity contribution in [3.8, 4) is 5.75 Å². The Balaban J connectivity index is 2.05. The lowest BCUT2D eigenvalue weighted by atomic mass is 9.93. The average Bonchev–Trinajstić information content (AvgIpc) is 2.60. The van der Waals surface area contributed by atoms with E-state index in [1.807, 2.05) is 24.3 Å². The Kier molecular flexibility index (Phi) is 7.06. The van der Waals surface area contributed by atoms with Crippen LogP contribution in [0.5, 0.6) is 5.75 Å². The van der Waals surface area contributed by atoms with Gasteiger partial charge in [-0.25, -0.2) is 13.1 Å². The van der Waals surface area contributed by atoms with Gasteiger partial charge in [-0.3, -0.25) is 4.79 Å². The summed E-state index contributed by atoms with van der Waals surface area (Å²) in [4.78, 5) is 13.5. The van der Waals surface area contributed by atoms with E-state index in [0.717, 1.165) is 5.75 Å². The number of amides is 1. The van der Waals surface area contributed by atoms with Gasteiger partial charge in [-0.1, -0.05) is 26.0 Å². The Morgan fingerprint density at radius 3 is 2.50 bits per heavy atom. The highest BCUT2D eigenvalue weighted by Crippen LogP contribution is 2.22. The molecule has 0 bridgehead atoms. The lowest BCUT2D eigenvalue weighted by Gasteiger charge is -2.38. The molecule has 1 aliphatic heterocycles. The molecule has 2 atom stereocenters. The predicted molar refractivity (Wildman–Crippen MR) is 103 cm³/mol. The normalized spacial score (nSPS) is 21.0. The third kappa shape index (κ3) is 5.71. The molecule has 7 heteroatoms. The van der Waals surface area contributed by atoms with Crippen LogP contribution in [0.15, 0.2) is 24.3 Å². The molecule has 1 aliphatic rings. The Morgan fingerprint density at radius 1 is 1.31 bits per heavy atom. The third-order valence-corrected chi connectivity index (χ3v) is 6.32. The van der Waals surface area contributed by atoms with E-state index in [2.05, 4.69) is 18.6 Å². The third-order valence-electron chi connectivity index (χ3n) is 4.90. The summed E-state index contributed by atoms with van der Waals surface area (Å²) in [6, 6.07) is 7.74. The van der Waals surface area contributed by atoms with Gasteiger partial charge < -0.3 is 9.64 Å². The fourth-order valence-electron chi connectivity index (χ4n) is 3.11. The van der Waals surface area contributed by atoms with Crippen LogP contribution in [-0.2, 0) is 14.8 Å². The van der Waals surface area contributed by atoms with Crippen LogP contribution < -0.4 is 9.46 Å². The Hall–Kier alpha value is -1.60. The highest BCUT2D eigenvalue weighted by Gasteiger charge is 2.33. The van der Waals surface area contributed by atoms with Crippen molar-refractivity contribution in [3.63, 3.8) is 0 Å². The van der Waals surface area contributed by atoms with Gasteiger partial charge in [0.1, 0.15) is 5.75 Å². The Labute approximate surface area is 157 Å². The Morgan fingerprint density at radius 2 is 1.96 bits per heavy atom. The summed E-state index contributed by atoms with van der Waals surface area (Å²) >= 11 is 0. The number of carbonyl (C=O) groups excluding carboxylic acids is 1. The van der Waals surface area contributed by atoms with Crippen LogP contribution in [0.1, 0.15) is 45.6 Å². The van der Waals surface area contributed by atoms with Crippen molar-refractivity contribution in [1.82, 2.24) is 9.62 Å². The maximum atomic E-state index is 12.0. The molecule has 6 nitrogen and oxygen atoms in total. The zero-order valence-corrected chi connectivity index (χ0v) is 16.9. The van der Waals surface area contributed by atoms with Gasteiger partial charge in [0.2, 0.25) is 15.9 Å². The first kappa shape index (κ1) is 20.7. The van der Waals surface area contributed by atoms with Crippen molar-refractivity contribution < 1.29 is 17.9 Å². The van der Waals surface area contributed by atoms with E-state index in [-0.39, 0.29) is 23.6 Å². The minimum absolute atomic E-state index is 0.00749. The highest BCUT2D eigenvalue weighted by molar-refractivity contribution is 7.89. The van der Waals surface area contributed by atoms with Gasteiger partial charge in [0.15, 0.2) is 0 Å². The van der Waals surface area contributed by atoms with Gasteiger partial charge in [-0.2, -0.15) is 0 Å². The number of hydrogen-bond acceptors (Lipinski definition) is 4. The number of carbonyl (C=O) groups is 1. The van der Waals surface area contributed by atoms with Gasteiger partial charge in [0.05, 0.1) is 12.4 Å². The summed E-state index contributed by atoms with van der Waals surface area (Å²) in [7, 11) is -3.30. The Bertz CT molecular complexity index is 701. The summed E-state index contributed by atoms with van der Waals surface area (Å²) in [5.41, 5.74) is 1.24. The average molecular weight is 383 g/mol. The van der Waals surface area contributed by atoms with Crippen LogP contribution in [0.2, 0.25) is 0 Å². The van der Waals surface area contributed by atoms with Crippen molar-refractivity contribution in [2.24, 2.45) is 5.92 Å². The number of nitrogens with one attached hydrogen (secondary N) is 1. The number of piperidine rings is 1. The molecule has 1 N–H and O–H groups in total. The fourth-order valence-corrected chi connectivity index (χ4v) is 4.05. The van der Waals surface area contributed by atoms with Crippen LogP contribution in [-0.4, -0.2) is 50.7 Å². The van der Waals surface area contributed by atoms with Crippen LogP contribution >= 0.6 is 0 Å². The molecule has 0 saturated carbocycles. The number of hydrogen-bond donors (Lipinski definition) is 1. The number of ether oxygens (including phenoxy) is 1. The van der Waals surface area contributed by atoms with Gasteiger partial charge in [-0.15, -0.1) is 0 Å². The highest BCUT2D eigenvalue weighted by atomic mass is 32.2. The summed E-state index contributed by atoms with van der Waals surface area (Å²) in [6.07, 6.45) is 0.596. The lowest BCUT2D eigenvalue weighted by Crippen LogP contribution is -2.53. The minimum Gasteiger partial charge on any atom is -0.493 e. The van der Waals surface area contributed by atoms with Crippen molar-refractivity contribution in [1.29, 1.82) is 0 Å². The summed E-state index contributed by atoms with van der Waals surface area (Å²) in [5.74, 6) is 1.18. The molecule has 1 saturated heterocycles. The van der Waals surface area contributed by atoms with E-state index < -0.39 is 10.0 Å². The second-order valence-corrected chi connectivity index (χ2v) is 9.22. The predicted octanol–water partition coefficient (Wildman–Crippen LogP) is 2.37. The van der Waals surface area contributed by atoms with Crippen molar-refractivity contribution in [2.75, 3.05) is 25.4 Å². The summed E-state index contributed by atoms with van der Waals surface area (Å²) < 4.78 is 32.6. The van der Waals surface area contributed by atoms with Gasteiger partial charge in [0, 0.05) is 32.0 Å². The number of benzene rings is 1. The van der Waals surface area contributed by atoms with Gasteiger partial charge in [-0.05, 0) is 37.0 Å². The minimum atomic E-state index is -3.30. The molecule has 0 spiro atoms. The van der Waals surface area contributed by atoms with Crippen LogP contribution in [0.3, 0.4) is 0 Å². The van der Waals surface area contributed by atoms with Crippen molar-refractivity contribution in [2.45, 2.75) is 46.1 Å². The molecule has 1 aromatic carbocycles. The lowest BCUT2D eigenvalue weighted by molar-refractivity contribution is -0.131. The zero-order valence-electron chi connectivity index (χ0n) is 16.1. The molecule has 2 unspecified atom stereocenters. The molecule has 0 aliphatic carbocycles. The molecular formula is C19H30N2O4S. The standard InChI is InChI=1S/C19H30N2O4S/c1-5-26(23,24)20-19-10-11-21(15(4)22)12-17(19)13-25-18-8-6-16(7-9-18)14(2)3/h6-9,14,17,19-20H,5,10-13H2,1-4H3. The molecule has 146 valence electrons. The van der Waals surface area contributed by atoms with Gasteiger partial charge in [0.25, 0.3) is 0 Å². The molecule has 1 fully saturated rings. The molecule has 0 radical (unpaired) electrons. The number of sulfonamides is 1. The summed E-state index contributed by atoms with van der Waals surface area (Å²) in [5, 5.41) is 0. The topological polar surface area (TPSA) is 75.7 Å². The SMILES string of the molecule is CCS(=O)(=O)NC1CCN(C(C)=O)CC1COc1ccc(C(C)C)cc1. The monoisotopic (exact) mass is 382 g/mol. The molecule has 1 aromatic rings. The summed E-state index contributed by atoms with van der Waals surface area (Å²) in [6.45, 7) is 8.86. The first-order valence-corrected chi connectivity index (χ1v) is 10.8.